The zero-order chi connectivity index (χ0) is 17.6. The second-order valence-corrected chi connectivity index (χ2v) is 6.03. The summed E-state index contributed by atoms with van der Waals surface area (Å²) in [6.07, 6.45) is 0. The van der Waals surface area contributed by atoms with Crippen LogP contribution in [0, 0.1) is 28.6 Å². The number of rotatable bonds is 4. The van der Waals surface area contributed by atoms with Gasteiger partial charge in [0.05, 0.1) is 30.7 Å². The quantitative estimate of drug-likeness (QED) is 0.858. The van der Waals surface area contributed by atoms with E-state index in [0.29, 0.717) is 5.56 Å². The summed E-state index contributed by atoms with van der Waals surface area (Å²) in [6.45, 7) is 5.38. The fraction of sp³-hybridized carbons (Fsp3) is 0.412. The molecule has 0 aliphatic heterocycles. The smallest absolute Gasteiger partial charge is 0.338 e. The molecular weight excluding hydrogens is 294 g/mol. The van der Waals surface area contributed by atoms with Gasteiger partial charge >= 0.3 is 5.97 Å². The molecule has 0 aliphatic carbocycles. The molecule has 1 aromatic carbocycles. The Morgan fingerprint density at radius 3 is 2.22 bits per heavy atom. The van der Waals surface area contributed by atoms with Gasteiger partial charge < -0.3 is 10.1 Å². The maximum Gasteiger partial charge on any atom is 0.338 e. The first-order chi connectivity index (χ1) is 10.7. The fourth-order valence-electron chi connectivity index (χ4n) is 2.16. The number of carbonyl (C=O) groups excluding carboxylic acids is 2. The highest BCUT2D eigenvalue weighted by Crippen LogP contribution is 2.29. The van der Waals surface area contributed by atoms with Crippen LogP contribution in [0.3, 0.4) is 0 Å². The molecule has 0 saturated carbocycles. The van der Waals surface area contributed by atoms with Gasteiger partial charge in [-0.05, 0) is 32.4 Å². The zero-order valence-corrected chi connectivity index (χ0v) is 13.6. The molecule has 1 aromatic rings. The van der Waals surface area contributed by atoms with Crippen LogP contribution in [-0.4, -0.2) is 24.5 Å². The molecule has 6 heteroatoms. The van der Waals surface area contributed by atoms with Crippen LogP contribution in [0.2, 0.25) is 0 Å². The van der Waals surface area contributed by atoms with Crippen molar-refractivity contribution in [3.63, 3.8) is 0 Å². The van der Waals surface area contributed by atoms with E-state index in [0.717, 1.165) is 0 Å². The van der Waals surface area contributed by atoms with Gasteiger partial charge in [0.25, 0.3) is 0 Å². The summed E-state index contributed by atoms with van der Waals surface area (Å²) in [5.41, 5.74) is -0.0703. The number of nitrogens with zero attached hydrogens (tertiary/aromatic N) is 2. The summed E-state index contributed by atoms with van der Waals surface area (Å²) in [5, 5.41) is 21.2. The third-order valence-electron chi connectivity index (χ3n) is 3.09. The van der Waals surface area contributed by atoms with E-state index in [-0.39, 0.29) is 5.56 Å². The van der Waals surface area contributed by atoms with E-state index in [4.69, 9.17) is 4.74 Å². The molecule has 0 spiro atoms. The van der Waals surface area contributed by atoms with E-state index >= 15 is 0 Å². The third-order valence-corrected chi connectivity index (χ3v) is 3.09. The number of methoxy groups -OCH3 is 1. The van der Waals surface area contributed by atoms with Crippen molar-refractivity contribution >= 4 is 11.9 Å². The lowest BCUT2D eigenvalue weighted by molar-refractivity contribution is -0.124. The topological polar surface area (TPSA) is 103 Å². The normalized spacial score (nSPS) is 12.0. The predicted octanol–water partition coefficient (Wildman–Crippen LogP) is 2.13. The van der Waals surface area contributed by atoms with Crippen LogP contribution in [0.4, 0.5) is 0 Å². The van der Waals surface area contributed by atoms with Crippen LogP contribution in [0.15, 0.2) is 24.3 Å². The van der Waals surface area contributed by atoms with E-state index in [1.54, 1.807) is 39.0 Å². The molecule has 0 radical (unpaired) electrons. The van der Waals surface area contributed by atoms with E-state index in [1.165, 1.54) is 13.2 Å². The summed E-state index contributed by atoms with van der Waals surface area (Å²) in [4.78, 5) is 24.5. The number of carbonyl (C=O) groups is 2. The van der Waals surface area contributed by atoms with Gasteiger partial charge in [-0.3, -0.25) is 4.79 Å². The number of hydrogen-bond donors (Lipinski definition) is 1. The monoisotopic (exact) mass is 313 g/mol. The Bertz CT molecular complexity index is 664. The molecule has 0 bridgehead atoms. The molecule has 1 unspecified atom stereocenters. The average molecular weight is 313 g/mol. The second-order valence-electron chi connectivity index (χ2n) is 6.03. The van der Waals surface area contributed by atoms with Gasteiger partial charge in [-0.25, -0.2) is 4.79 Å². The first kappa shape index (κ1) is 18.2. The lowest BCUT2D eigenvalue weighted by atomic mass is 9.83. The van der Waals surface area contributed by atoms with E-state index in [9.17, 15) is 20.1 Å². The number of nitriles is 2. The van der Waals surface area contributed by atoms with Crippen LogP contribution in [-0.2, 0) is 9.53 Å². The van der Waals surface area contributed by atoms with Gasteiger partial charge in [-0.15, -0.1) is 0 Å². The highest BCUT2D eigenvalue weighted by molar-refractivity contribution is 5.95. The summed E-state index contributed by atoms with van der Waals surface area (Å²) in [6, 6.07) is 9.99. The van der Waals surface area contributed by atoms with Crippen molar-refractivity contribution in [1.82, 2.24) is 5.32 Å². The highest BCUT2D eigenvalue weighted by Gasteiger charge is 2.34. The van der Waals surface area contributed by atoms with Crippen LogP contribution >= 0.6 is 0 Å². The minimum atomic E-state index is -1.22. The standard InChI is InChI=1S/C17H19N3O3/c1-17(2,3)20-15(21)14(11(9-18)10-19)12-7-5-6-8-13(12)16(22)23-4/h5-8,11,14H,1-4H3,(H,20,21). The lowest BCUT2D eigenvalue weighted by Gasteiger charge is -2.26. The van der Waals surface area contributed by atoms with Crippen molar-refractivity contribution in [2.75, 3.05) is 7.11 Å². The molecule has 120 valence electrons. The van der Waals surface area contributed by atoms with Crippen molar-refractivity contribution in [3.05, 3.63) is 35.4 Å². The molecule has 1 N–H and O–H groups in total. The molecule has 23 heavy (non-hydrogen) atoms. The lowest BCUT2D eigenvalue weighted by Crippen LogP contribution is -2.44. The summed E-state index contributed by atoms with van der Waals surface area (Å²) in [5.74, 6) is -3.41. The molecule has 0 aromatic heterocycles. The molecule has 0 saturated heterocycles. The molecule has 1 amide bonds. The number of nitrogens with one attached hydrogen (secondary N) is 1. The molecule has 0 aliphatic rings. The molecular formula is C17H19N3O3. The Hall–Kier alpha value is -2.86. The highest BCUT2D eigenvalue weighted by atomic mass is 16.5. The Morgan fingerprint density at radius 1 is 1.17 bits per heavy atom. The molecule has 1 atom stereocenters. The van der Waals surface area contributed by atoms with Gasteiger partial charge in [0.2, 0.25) is 5.91 Å². The maximum absolute atomic E-state index is 12.6. The van der Waals surface area contributed by atoms with E-state index in [1.807, 2.05) is 12.1 Å². The first-order valence-electron chi connectivity index (χ1n) is 7.03. The van der Waals surface area contributed by atoms with Crippen molar-refractivity contribution in [2.45, 2.75) is 32.2 Å². The minimum Gasteiger partial charge on any atom is -0.465 e. The fourth-order valence-corrected chi connectivity index (χ4v) is 2.16. The molecule has 1 rings (SSSR count). The number of hydrogen-bond acceptors (Lipinski definition) is 5. The second kappa shape index (κ2) is 7.42. The number of benzene rings is 1. The predicted molar refractivity (Wildman–Crippen MR) is 83.1 cm³/mol. The maximum atomic E-state index is 12.6. The van der Waals surface area contributed by atoms with Gasteiger partial charge in [0, 0.05) is 5.54 Å². The Balaban J connectivity index is 3.43. The van der Waals surface area contributed by atoms with Crippen LogP contribution in [0.1, 0.15) is 42.6 Å². The van der Waals surface area contributed by atoms with Crippen molar-refractivity contribution < 1.29 is 14.3 Å². The van der Waals surface area contributed by atoms with Crippen molar-refractivity contribution in [2.24, 2.45) is 5.92 Å². The minimum absolute atomic E-state index is 0.166. The van der Waals surface area contributed by atoms with Crippen molar-refractivity contribution in [3.8, 4) is 12.1 Å². The van der Waals surface area contributed by atoms with Gasteiger partial charge in [-0.1, -0.05) is 18.2 Å². The Labute approximate surface area is 135 Å². The molecule has 6 nitrogen and oxygen atoms in total. The average Bonchev–Trinajstić information content (AvgIpc) is 2.49. The van der Waals surface area contributed by atoms with Crippen LogP contribution in [0.25, 0.3) is 0 Å². The largest absolute Gasteiger partial charge is 0.465 e. The van der Waals surface area contributed by atoms with Gasteiger partial charge in [0.15, 0.2) is 0 Å². The van der Waals surface area contributed by atoms with Crippen LogP contribution in [0.5, 0.6) is 0 Å². The first-order valence-corrected chi connectivity index (χ1v) is 7.03. The number of ether oxygens (including phenoxy) is 1. The number of amides is 1. The Kier molecular flexibility index (Phi) is 5.87. The van der Waals surface area contributed by atoms with E-state index < -0.39 is 29.3 Å². The Morgan fingerprint density at radius 2 is 1.74 bits per heavy atom. The van der Waals surface area contributed by atoms with E-state index in [2.05, 4.69) is 5.32 Å². The van der Waals surface area contributed by atoms with Crippen LogP contribution < -0.4 is 5.32 Å². The number of esters is 1. The summed E-state index contributed by atoms with van der Waals surface area (Å²) in [7, 11) is 1.23. The van der Waals surface area contributed by atoms with Crippen molar-refractivity contribution in [1.29, 1.82) is 10.5 Å². The third kappa shape index (κ3) is 4.55. The summed E-state index contributed by atoms with van der Waals surface area (Å²) < 4.78 is 4.72. The molecule has 0 heterocycles. The molecule has 0 fully saturated rings. The van der Waals surface area contributed by atoms with Gasteiger partial charge in [-0.2, -0.15) is 10.5 Å². The summed E-state index contributed by atoms with van der Waals surface area (Å²) >= 11 is 0. The van der Waals surface area contributed by atoms with Gasteiger partial charge in [0.1, 0.15) is 5.92 Å². The zero-order valence-electron chi connectivity index (χ0n) is 13.6. The SMILES string of the molecule is COC(=O)c1ccccc1C(C(=O)NC(C)(C)C)C(C#N)C#N.